The van der Waals surface area contributed by atoms with Crippen LogP contribution in [-0.2, 0) is 0 Å². The minimum Gasteiger partial charge on any atom is -0.507 e. The van der Waals surface area contributed by atoms with E-state index in [0.29, 0.717) is 11.1 Å². The van der Waals surface area contributed by atoms with Crippen molar-refractivity contribution in [1.82, 2.24) is 10.4 Å². The quantitative estimate of drug-likeness (QED) is 0.662. The van der Waals surface area contributed by atoms with Gasteiger partial charge in [0.15, 0.2) is 0 Å². The van der Waals surface area contributed by atoms with E-state index < -0.39 is 0 Å². The normalized spacial score (nSPS) is 10.8. The van der Waals surface area contributed by atoms with Gasteiger partial charge in [0.25, 0.3) is 5.91 Å². The number of pyridine rings is 1. The predicted molar refractivity (Wildman–Crippen MR) is 84.6 cm³/mol. The van der Waals surface area contributed by atoms with Crippen molar-refractivity contribution < 1.29 is 9.90 Å². The zero-order valence-corrected chi connectivity index (χ0v) is 13.2. The molecule has 0 aliphatic rings. The average Bonchev–Trinajstić information content (AvgIpc) is 2.44. The molecule has 2 rings (SSSR count). The topological polar surface area (TPSA) is 74.6 Å². The molecule has 0 radical (unpaired) electrons. The first-order valence-corrected chi connectivity index (χ1v) is 7.02. The molecule has 0 spiro atoms. The van der Waals surface area contributed by atoms with Crippen molar-refractivity contribution in [3.05, 3.63) is 57.3 Å². The van der Waals surface area contributed by atoms with E-state index in [2.05, 4.69) is 31.4 Å². The summed E-state index contributed by atoms with van der Waals surface area (Å²) in [5.41, 5.74) is 4.90. The Hall–Kier alpha value is -2.21. The van der Waals surface area contributed by atoms with Gasteiger partial charge < -0.3 is 5.11 Å². The Morgan fingerprint density at radius 2 is 2.14 bits per heavy atom. The number of halogens is 1. The first-order chi connectivity index (χ1) is 9.97. The Labute approximate surface area is 130 Å². The van der Waals surface area contributed by atoms with E-state index in [4.69, 9.17) is 0 Å². The highest BCUT2D eigenvalue weighted by molar-refractivity contribution is 9.10. The second-order valence-corrected chi connectivity index (χ2v) is 5.46. The van der Waals surface area contributed by atoms with E-state index in [9.17, 15) is 9.90 Å². The van der Waals surface area contributed by atoms with Crippen molar-refractivity contribution in [3.8, 4) is 5.75 Å². The molecule has 1 aromatic heterocycles. The Morgan fingerprint density at radius 3 is 2.81 bits per heavy atom. The van der Waals surface area contributed by atoms with Gasteiger partial charge in [0.05, 0.1) is 11.8 Å². The van der Waals surface area contributed by atoms with Gasteiger partial charge in [0, 0.05) is 21.9 Å². The zero-order chi connectivity index (χ0) is 15.4. The van der Waals surface area contributed by atoms with Crippen LogP contribution in [0.2, 0.25) is 0 Å². The summed E-state index contributed by atoms with van der Waals surface area (Å²) in [5.74, 6) is -0.224. The molecule has 1 heterocycles. The number of aryl methyl sites for hydroxylation is 2. The van der Waals surface area contributed by atoms with Crippen LogP contribution in [0.5, 0.6) is 5.75 Å². The van der Waals surface area contributed by atoms with Gasteiger partial charge in [0.1, 0.15) is 5.75 Å². The molecule has 2 N–H and O–H groups in total. The number of carbonyl (C=O) groups is 1. The monoisotopic (exact) mass is 347 g/mol. The lowest BCUT2D eigenvalue weighted by molar-refractivity contribution is 0.0954. The molecule has 6 heteroatoms. The largest absolute Gasteiger partial charge is 0.507 e. The maximum Gasteiger partial charge on any atom is 0.272 e. The lowest BCUT2D eigenvalue weighted by atomic mass is 10.1. The molecule has 21 heavy (non-hydrogen) atoms. The van der Waals surface area contributed by atoms with E-state index in [1.807, 2.05) is 6.92 Å². The van der Waals surface area contributed by atoms with Crippen LogP contribution in [0.3, 0.4) is 0 Å². The molecule has 0 saturated heterocycles. The number of aromatic nitrogens is 1. The number of phenolic OH excluding ortho intramolecular Hbond substituents is 1. The number of aromatic hydroxyl groups is 1. The number of hydrogen-bond donors (Lipinski definition) is 2. The van der Waals surface area contributed by atoms with Gasteiger partial charge in [-0.3, -0.25) is 9.78 Å². The Bertz CT molecular complexity index is 697. The van der Waals surface area contributed by atoms with E-state index in [-0.39, 0.29) is 11.7 Å². The Balaban J connectivity index is 2.09. The van der Waals surface area contributed by atoms with Crippen molar-refractivity contribution in [1.29, 1.82) is 0 Å². The van der Waals surface area contributed by atoms with Crippen LogP contribution < -0.4 is 5.43 Å². The summed E-state index contributed by atoms with van der Waals surface area (Å²) in [6.45, 7) is 3.63. The second kappa shape index (κ2) is 6.49. The predicted octanol–water partition coefficient (Wildman–Crippen LogP) is 2.93. The highest BCUT2D eigenvalue weighted by atomic mass is 79.9. The van der Waals surface area contributed by atoms with Crippen LogP contribution in [0.25, 0.3) is 0 Å². The first-order valence-electron chi connectivity index (χ1n) is 6.22. The Kier molecular flexibility index (Phi) is 4.70. The number of nitrogens with zero attached hydrogens (tertiary/aromatic N) is 2. The minimum atomic E-state index is -0.357. The third kappa shape index (κ3) is 3.88. The van der Waals surface area contributed by atoms with E-state index in [1.54, 1.807) is 31.2 Å². The molecule has 0 bridgehead atoms. The van der Waals surface area contributed by atoms with Crippen LogP contribution in [0, 0.1) is 13.8 Å². The summed E-state index contributed by atoms with van der Waals surface area (Å²) >= 11 is 3.34. The highest BCUT2D eigenvalue weighted by Gasteiger charge is 2.06. The van der Waals surface area contributed by atoms with Gasteiger partial charge in [-0.25, -0.2) is 5.43 Å². The number of nitrogens with one attached hydrogen (secondary N) is 1. The van der Waals surface area contributed by atoms with Crippen LogP contribution in [0.4, 0.5) is 0 Å². The molecular weight excluding hydrogens is 334 g/mol. The molecular formula is C15H14BrN3O2. The number of hydrazone groups is 1. The molecule has 1 amide bonds. The van der Waals surface area contributed by atoms with Gasteiger partial charge >= 0.3 is 0 Å². The SMILES string of the molecule is Cc1ccc(C(=O)NN=Cc2cc(Br)cc(C)c2O)cn1. The van der Waals surface area contributed by atoms with Crippen LogP contribution in [0.1, 0.15) is 27.2 Å². The molecule has 5 nitrogen and oxygen atoms in total. The molecule has 0 aliphatic carbocycles. The summed E-state index contributed by atoms with van der Waals surface area (Å²) < 4.78 is 0.827. The van der Waals surface area contributed by atoms with Gasteiger partial charge in [-0.2, -0.15) is 5.10 Å². The highest BCUT2D eigenvalue weighted by Crippen LogP contribution is 2.25. The van der Waals surface area contributed by atoms with Crippen molar-refractivity contribution in [2.24, 2.45) is 5.10 Å². The van der Waals surface area contributed by atoms with Gasteiger partial charge in [-0.05, 0) is 43.7 Å². The molecule has 1 aromatic carbocycles. The lowest BCUT2D eigenvalue weighted by Gasteiger charge is -2.04. The van der Waals surface area contributed by atoms with Crippen LogP contribution in [-0.4, -0.2) is 22.2 Å². The summed E-state index contributed by atoms with van der Waals surface area (Å²) in [6, 6.07) is 6.94. The van der Waals surface area contributed by atoms with Gasteiger partial charge in [0.2, 0.25) is 0 Å². The lowest BCUT2D eigenvalue weighted by Crippen LogP contribution is -2.17. The third-order valence-electron chi connectivity index (χ3n) is 2.84. The molecule has 0 atom stereocenters. The Morgan fingerprint density at radius 1 is 1.38 bits per heavy atom. The van der Waals surface area contributed by atoms with Crippen molar-refractivity contribution in [2.75, 3.05) is 0 Å². The van der Waals surface area contributed by atoms with Crippen LogP contribution in [0.15, 0.2) is 40.0 Å². The first kappa shape index (κ1) is 15.2. The van der Waals surface area contributed by atoms with E-state index in [0.717, 1.165) is 15.7 Å². The fraction of sp³-hybridized carbons (Fsp3) is 0.133. The van der Waals surface area contributed by atoms with Gasteiger partial charge in [-0.15, -0.1) is 0 Å². The second-order valence-electron chi connectivity index (χ2n) is 4.55. The van der Waals surface area contributed by atoms with Crippen LogP contribution >= 0.6 is 15.9 Å². The van der Waals surface area contributed by atoms with Crippen molar-refractivity contribution >= 4 is 28.1 Å². The number of carbonyl (C=O) groups excluding carboxylic acids is 1. The number of amides is 1. The summed E-state index contributed by atoms with van der Waals surface area (Å²) in [7, 11) is 0. The van der Waals surface area contributed by atoms with Crippen molar-refractivity contribution in [2.45, 2.75) is 13.8 Å². The minimum absolute atomic E-state index is 0.133. The molecule has 0 unspecified atom stereocenters. The summed E-state index contributed by atoms with van der Waals surface area (Å²) in [6.07, 6.45) is 2.88. The van der Waals surface area contributed by atoms with E-state index >= 15 is 0 Å². The number of benzene rings is 1. The smallest absolute Gasteiger partial charge is 0.272 e. The summed E-state index contributed by atoms with van der Waals surface area (Å²) in [5, 5.41) is 13.8. The number of rotatable bonds is 3. The van der Waals surface area contributed by atoms with E-state index in [1.165, 1.54) is 12.4 Å². The number of hydrogen-bond acceptors (Lipinski definition) is 4. The maximum absolute atomic E-state index is 11.8. The molecule has 0 fully saturated rings. The standard InChI is InChI=1S/C15H14BrN3O2/c1-9-5-13(16)6-12(14(9)20)8-18-19-15(21)11-4-3-10(2)17-7-11/h3-8,20H,1-2H3,(H,19,21). The molecule has 2 aromatic rings. The average molecular weight is 348 g/mol. The third-order valence-corrected chi connectivity index (χ3v) is 3.30. The number of phenols is 1. The molecule has 0 aliphatic heterocycles. The van der Waals surface area contributed by atoms with Crippen molar-refractivity contribution in [3.63, 3.8) is 0 Å². The molecule has 0 saturated carbocycles. The maximum atomic E-state index is 11.8. The van der Waals surface area contributed by atoms with Gasteiger partial charge in [-0.1, -0.05) is 15.9 Å². The fourth-order valence-electron chi connectivity index (χ4n) is 1.69. The zero-order valence-electron chi connectivity index (χ0n) is 11.6. The summed E-state index contributed by atoms with van der Waals surface area (Å²) in [4.78, 5) is 15.9. The fourth-order valence-corrected chi connectivity index (χ4v) is 2.28. The molecule has 108 valence electrons.